The molecule has 2 heterocycles. The minimum atomic E-state index is 0.0405. The lowest BCUT2D eigenvalue weighted by Gasteiger charge is -2.36. The van der Waals surface area contributed by atoms with Gasteiger partial charge < -0.3 is 19.9 Å². The van der Waals surface area contributed by atoms with E-state index >= 15 is 0 Å². The third-order valence-electron chi connectivity index (χ3n) is 6.47. The lowest BCUT2D eigenvalue weighted by atomic mass is 10.1. The van der Waals surface area contributed by atoms with E-state index in [1.54, 1.807) is 13.4 Å². The van der Waals surface area contributed by atoms with Gasteiger partial charge in [0.2, 0.25) is 5.91 Å². The van der Waals surface area contributed by atoms with Gasteiger partial charge in [-0.2, -0.15) is 0 Å². The largest absolute Gasteiger partial charge is 0.497 e. The fourth-order valence-corrected chi connectivity index (χ4v) is 5.34. The first-order valence-electron chi connectivity index (χ1n) is 11.7. The zero-order valence-corrected chi connectivity index (χ0v) is 20.1. The summed E-state index contributed by atoms with van der Waals surface area (Å²) in [5.41, 5.74) is 3.76. The quantitative estimate of drug-likeness (QED) is 0.413. The minimum absolute atomic E-state index is 0.0405. The Labute approximate surface area is 204 Å². The van der Waals surface area contributed by atoms with Crippen molar-refractivity contribution in [2.45, 2.75) is 23.9 Å². The van der Waals surface area contributed by atoms with Crippen LogP contribution >= 0.6 is 11.8 Å². The summed E-state index contributed by atoms with van der Waals surface area (Å²) in [6.45, 7) is 3.57. The first-order chi connectivity index (χ1) is 16.7. The van der Waals surface area contributed by atoms with Crippen molar-refractivity contribution < 1.29 is 9.53 Å². The van der Waals surface area contributed by atoms with Gasteiger partial charge in [0.25, 0.3) is 0 Å². The van der Waals surface area contributed by atoms with Crippen LogP contribution in [0.4, 0.5) is 11.5 Å². The van der Waals surface area contributed by atoms with Gasteiger partial charge in [-0.1, -0.05) is 42.1 Å². The van der Waals surface area contributed by atoms with E-state index in [0.717, 1.165) is 55.6 Å². The second-order valence-electron chi connectivity index (χ2n) is 8.54. The smallest absolute Gasteiger partial charge is 0.230 e. The number of nitrogens with one attached hydrogen (secondary N) is 1. The molecule has 1 aromatic heterocycles. The molecule has 1 N–H and O–H groups in total. The Morgan fingerprint density at radius 3 is 2.74 bits per heavy atom. The van der Waals surface area contributed by atoms with Crippen molar-refractivity contribution in [3.05, 3.63) is 72.1 Å². The third kappa shape index (κ3) is 5.12. The number of nitrogens with zero attached hydrogens (tertiary/aromatic N) is 4. The highest BCUT2D eigenvalue weighted by Gasteiger charge is 2.23. The number of anilines is 2. The molecule has 0 radical (unpaired) electrons. The molecular formula is C26H29N5O2S. The first-order valence-corrected chi connectivity index (χ1v) is 12.6. The molecule has 176 valence electrons. The summed E-state index contributed by atoms with van der Waals surface area (Å²) in [7, 11) is 1.69. The second kappa shape index (κ2) is 10.3. The molecule has 1 aliphatic carbocycles. The molecule has 1 amide bonds. The van der Waals surface area contributed by atoms with Crippen LogP contribution in [0.1, 0.15) is 23.6 Å². The summed E-state index contributed by atoms with van der Waals surface area (Å²) in [4.78, 5) is 26.1. The summed E-state index contributed by atoms with van der Waals surface area (Å²) >= 11 is 1.46. The van der Waals surface area contributed by atoms with Gasteiger partial charge in [0.15, 0.2) is 0 Å². The average molecular weight is 476 g/mol. The average Bonchev–Trinajstić information content (AvgIpc) is 3.30. The van der Waals surface area contributed by atoms with Crippen molar-refractivity contribution in [2.24, 2.45) is 0 Å². The van der Waals surface area contributed by atoms with Gasteiger partial charge in [0.1, 0.15) is 22.9 Å². The molecule has 2 aromatic carbocycles. The van der Waals surface area contributed by atoms with Crippen molar-refractivity contribution in [3.8, 4) is 5.75 Å². The summed E-state index contributed by atoms with van der Waals surface area (Å²) in [6.07, 6.45) is 3.58. The van der Waals surface area contributed by atoms with Crippen LogP contribution in [0.5, 0.6) is 5.75 Å². The molecule has 0 saturated carbocycles. The molecule has 3 aromatic rings. The molecule has 5 rings (SSSR count). The Balaban J connectivity index is 1.13. The molecule has 0 bridgehead atoms. The molecule has 1 atom stereocenters. The number of aryl methyl sites for hydroxylation is 1. The highest BCUT2D eigenvalue weighted by atomic mass is 32.2. The Hall–Kier alpha value is -3.26. The SMILES string of the molecule is COc1cccc(N2CCN(c3cc(SCC(=O)N[C@@H]4CCc5ccccc54)ncn3)CC2)c1. The molecule has 2 aliphatic rings. The van der Waals surface area contributed by atoms with E-state index in [0.29, 0.717) is 5.75 Å². The standard InChI is InChI=1S/C26H29N5O2S/c1-33-21-7-4-6-20(15-21)30-11-13-31(14-12-30)24-16-26(28-18-27-24)34-17-25(32)29-23-10-9-19-5-2-3-8-22(19)23/h2-8,15-16,18,23H,9-14,17H2,1H3,(H,29,32)/t23-/m1/s1. The number of amides is 1. The van der Waals surface area contributed by atoms with Crippen LogP contribution in [-0.2, 0) is 11.2 Å². The normalized spacial score (nSPS) is 17.4. The second-order valence-corrected chi connectivity index (χ2v) is 9.53. The van der Waals surface area contributed by atoms with Crippen LogP contribution in [0.2, 0.25) is 0 Å². The topological polar surface area (TPSA) is 70.6 Å². The van der Waals surface area contributed by atoms with Gasteiger partial charge >= 0.3 is 0 Å². The summed E-state index contributed by atoms with van der Waals surface area (Å²) in [5, 5.41) is 4.01. The van der Waals surface area contributed by atoms with Crippen molar-refractivity contribution in [1.29, 1.82) is 0 Å². The van der Waals surface area contributed by atoms with Gasteiger partial charge in [-0.05, 0) is 36.1 Å². The third-order valence-corrected chi connectivity index (χ3v) is 7.39. The minimum Gasteiger partial charge on any atom is -0.497 e. The van der Waals surface area contributed by atoms with Gasteiger partial charge in [-0.25, -0.2) is 9.97 Å². The Bertz CT molecular complexity index is 1150. The molecule has 34 heavy (non-hydrogen) atoms. The van der Waals surface area contributed by atoms with E-state index in [4.69, 9.17) is 4.74 Å². The van der Waals surface area contributed by atoms with Gasteiger partial charge in [0.05, 0.1) is 18.9 Å². The van der Waals surface area contributed by atoms with Crippen LogP contribution in [-0.4, -0.2) is 54.9 Å². The molecule has 0 spiro atoms. The van der Waals surface area contributed by atoms with Crippen LogP contribution < -0.4 is 19.9 Å². The van der Waals surface area contributed by atoms with Crippen LogP contribution in [0.15, 0.2) is 66.0 Å². The van der Waals surface area contributed by atoms with Crippen molar-refractivity contribution in [1.82, 2.24) is 15.3 Å². The summed E-state index contributed by atoms with van der Waals surface area (Å²) in [6, 6.07) is 18.7. The molecule has 1 fully saturated rings. The predicted octanol–water partition coefficient (Wildman–Crippen LogP) is 3.71. The Kier molecular flexibility index (Phi) is 6.85. The number of thioether (sulfide) groups is 1. The number of fused-ring (bicyclic) bond motifs is 1. The monoisotopic (exact) mass is 475 g/mol. The van der Waals surface area contributed by atoms with Gasteiger partial charge in [-0.3, -0.25) is 4.79 Å². The van der Waals surface area contributed by atoms with E-state index in [1.165, 1.54) is 28.6 Å². The van der Waals surface area contributed by atoms with E-state index < -0.39 is 0 Å². The highest BCUT2D eigenvalue weighted by molar-refractivity contribution is 7.99. The maximum Gasteiger partial charge on any atom is 0.230 e. The number of hydrogen-bond donors (Lipinski definition) is 1. The van der Waals surface area contributed by atoms with E-state index in [2.05, 4.69) is 55.4 Å². The fourth-order valence-electron chi connectivity index (χ4n) is 4.67. The molecule has 8 heteroatoms. The zero-order chi connectivity index (χ0) is 23.3. The maximum absolute atomic E-state index is 12.6. The van der Waals surface area contributed by atoms with Crippen LogP contribution in [0.3, 0.4) is 0 Å². The lowest BCUT2D eigenvalue weighted by Crippen LogP contribution is -2.46. The van der Waals surface area contributed by atoms with Gasteiger partial charge in [-0.15, -0.1) is 0 Å². The molecule has 1 aliphatic heterocycles. The predicted molar refractivity (Wildman–Crippen MR) is 136 cm³/mol. The number of methoxy groups -OCH3 is 1. The first kappa shape index (κ1) is 22.5. The van der Waals surface area contributed by atoms with Crippen LogP contribution in [0.25, 0.3) is 0 Å². The number of carbonyl (C=O) groups excluding carboxylic acids is 1. The van der Waals surface area contributed by atoms with E-state index in [9.17, 15) is 4.79 Å². The maximum atomic E-state index is 12.6. The van der Waals surface area contributed by atoms with Crippen molar-refractivity contribution in [3.63, 3.8) is 0 Å². The lowest BCUT2D eigenvalue weighted by molar-refractivity contribution is -0.119. The Morgan fingerprint density at radius 1 is 1.06 bits per heavy atom. The molecular weight excluding hydrogens is 446 g/mol. The number of carbonyl (C=O) groups is 1. The van der Waals surface area contributed by atoms with E-state index in [1.807, 2.05) is 24.3 Å². The molecule has 7 nitrogen and oxygen atoms in total. The zero-order valence-electron chi connectivity index (χ0n) is 19.3. The number of aromatic nitrogens is 2. The fraction of sp³-hybridized carbons (Fsp3) is 0.346. The molecule has 0 unspecified atom stereocenters. The van der Waals surface area contributed by atoms with Crippen molar-refractivity contribution in [2.75, 3.05) is 48.8 Å². The van der Waals surface area contributed by atoms with Gasteiger partial charge in [0, 0.05) is 44.0 Å². The van der Waals surface area contributed by atoms with Crippen LogP contribution in [0, 0.1) is 0 Å². The number of hydrogen-bond acceptors (Lipinski definition) is 7. The highest BCUT2D eigenvalue weighted by Crippen LogP contribution is 2.31. The summed E-state index contributed by atoms with van der Waals surface area (Å²) in [5.74, 6) is 2.17. The molecule has 1 saturated heterocycles. The number of rotatable bonds is 7. The van der Waals surface area contributed by atoms with Crippen molar-refractivity contribution >= 4 is 29.2 Å². The summed E-state index contributed by atoms with van der Waals surface area (Å²) < 4.78 is 5.36. The number of ether oxygens (including phenoxy) is 1. The van der Waals surface area contributed by atoms with E-state index in [-0.39, 0.29) is 11.9 Å². The Morgan fingerprint density at radius 2 is 1.88 bits per heavy atom. The number of piperazine rings is 1. The number of benzene rings is 2.